The average Bonchev–Trinajstić information content (AvgIpc) is 2.62. The molecule has 2 rings (SSSR count). The van der Waals surface area contributed by atoms with Crippen LogP contribution in [0.25, 0.3) is 0 Å². The molecular weight excluding hydrogens is 314 g/mol. The molecule has 2 heterocycles. The zero-order chi connectivity index (χ0) is 18.4. The molecule has 1 aliphatic rings. The van der Waals surface area contributed by atoms with Gasteiger partial charge in [-0.1, -0.05) is 6.08 Å². The van der Waals surface area contributed by atoms with E-state index in [1.807, 2.05) is 25.1 Å². The summed E-state index contributed by atoms with van der Waals surface area (Å²) in [6.45, 7) is 10.6. The van der Waals surface area contributed by atoms with Gasteiger partial charge in [0.15, 0.2) is 0 Å². The van der Waals surface area contributed by atoms with Crippen molar-refractivity contribution in [1.29, 1.82) is 0 Å². The van der Waals surface area contributed by atoms with E-state index >= 15 is 0 Å². The maximum Gasteiger partial charge on any atom is 0.222 e. The second-order valence-corrected chi connectivity index (χ2v) is 6.89. The number of aromatic nitrogens is 1. The maximum absolute atomic E-state index is 12.2. The molecule has 25 heavy (non-hydrogen) atoms. The Balaban J connectivity index is 1.90. The molecule has 1 fully saturated rings. The smallest absolute Gasteiger partial charge is 0.222 e. The van der Waals surface area contributed by atoms with E-state index in [4.69, 9.17) is 4.74 Å². The lowest BCUT2D eigenvalue weighted by molar-refractivity contribution is -0.132. The third kappa shape index (κ3) is 4.82. The number of allylic oxidation sites excluding steroid dienone is 1. The quantitative estimate of drug-likeness (QED) is 0.713. The minimum absolute atomic E-state index is 0.221. The van der Waals surface area contributed by atoms with Crippen molar-refractivity contribution in [2.24, 2.45) is 0 Å². The molecule has 0 radical (unpaired) electrons. The number of methoxy groups -OCH3 is 1. The molecule has 0 aliphatic carbocycles. The zero-order valence-corrected chi connectivity index (χ0v) is 16.0. The number of hydrogen-bond acceptors (Lipinski definition) is 4. The van der Waals surface area contributed by atoms with Crippen molar-refractivity contribution in [3.63, 3.8) is 0 Å². The molecule has 5 nitrogen and oxygen atoms in total. The first-order chi connectivity index (χ1) is 12.0. The van der Waals surface area contributed by atoms with Crippen molar-refractivity contribution in [3.05, 3.63) is 35.7 Å². The molecule has 1 aliphatic heterocycles. The fourth-order valence-electron chi connectivity index (χ4n) is 3.51. The van der Waals surface area contributed by atoms with Crippen LogP contribution in [0.15, 0.2) is 18.9 Å². The van der Waals surface area contributed by atoms with Gasteiger partial charge in [-0.05, 0) is 33.1 Å². The Morgan fingerprint density at radius 1 is 1.44 bits per heavy atom. The van der Waals surface area contributed by atoms with Crippen molar-refractivity contribution in [2.75, 3.05) is 27.2 Å². The van der Waals surface area contributed by atoms with Gasteiger partial charge >= 0.3 is 0 Å². The number of ether oxygens (including phenoxy) is 1. The third-order valence-electron chi connectivity index (χ3n) is 5.18. The van der Waals surface area contributed by atoms with Gasteiger partial charge in [-0.3, -0.25) is 14.7 Å². The van der Waals surface area contributed by atoms with E-state index < -0.39 is 0 Å². The zero-order valence-electron chi connectivity index (χ0n) is 16.0. The van der Waals surface area contributed by atoms with Gasteiger partial charge < -0.3 is 9.64 Å². The van der Waals surface area contributed by atoms with E-state index in [0.717, 1.165) is 61.5 Å². The van der Waals surface area contributed by atoms with E-state index in [9.17, 15) is 4.79 Å². The summed E-state index contributed by atoms with van der Waals surface area (Å²) in [5, 5.41) is 0. The number of pyridine rings is 1. The van der Waals surface area contributed by atoms with Gasteiger partial charge in [0.05, 0.1) is 12.8 Å². The molecule has 1 aromatic heterocycles. The van der Waals surface area contributed by atoms with Crippen molar-refractivity contribution in [1.82, 2.24) is 14.8 Å². The lowest BCUT2D eigenvalue weighted by atomic mass is 10.0. The molecule has 0 saturated carbocycles. The number of nitrogens with zero attached hydrogens (tertiary/aromatic N) is 3. The van der Waals surface area contributed by atoms with E-state index in [2.05, 4.69) is 23.4 Å². The van der Waals surface area contributed by atoms with E-state index in [-0.39, 0.29) is 5.91 Å². The van der Waals surface area contributed by atoms with Crippen LogP contribution < -0.4 is 4.74 Å². The lowest BCUT2D eigenvalue weighted by Crippen LogP contribution is -2.45. The SMILES string of the molecule is C=CCCC(=O)N(C)C1CCN(Cc2ncc(C)c(OC)c2C)CC1. The number of carbonyl (C=O) groups is 1. The van der Waals surface area contributed by atoms with Gasteiger partial charge in [0.25, 0.3) is 0 Å². The first-order valence-electron chi connectivity index (χ1n) is 9.05. The fraction of sp³-hybridized carbons (Fsp3) is 0.600. The average molecular weight is 345 g/mol. The molecular formula is C20H31N3O2. The van der Waals surface area contributed by atoms with Gasteiger partial charge in [0.2, 0.25) is 5.91 Å². The Morgan fingerprint density at radius 3 is 2.72 bits per heavy atom. The van der Waals surface area contributed by atoms with Gasteiger partial charge in [-0.15, -0.1) is 6.58 Å². The molecule has 0 bridgehead atoms. The molecule has 5 heteroatoms. The number of likely N-dealkylation sites (tertiary alicyclic amines) is 1. The summed E-state index contributed by atoms with van der Waals surface area (Å²) in [6, 6.07) is 0.343. The van der Waals surface area contributed by atoms with Crippen LogP contribution in [0.1, 0.15) is 42.5 Å². The summed E-state index contributed by atoms with van der Waals surface area (Å²) in [7, 11) is 3.64. The van der Waals surface area contributed by atoms with Gasteiger partial charge in [0, 0.05) is 56.5 Å². The molecule has 138 valence electrons. The second kappa shape index (κ2) is 8.99. The summed E-state index contributed by atoms with van der Waals surface area (Å²) in [6.07, 6.45) is 7.03. The van der Waals surface area contributed by atoms with Crippen molar-refractivity contribution >= 4 is 5.91 Å². The van der Waals surface area contributed by atoms with Crippen molar-refractivity contribution < 1.29 is 9.53 Å². The van der Waals surface area contributed by atoms with Crippen LogP contribution in [0.5, 0.6) is 5.75 Å². The van der Waals surface area contributed by atoms with Crippen LogP contribution in [0.2, 0.25) is 0 Å². The molecule has 0 unspecified atom stereocenters. The highest BCUT2D eigenvalue weighted by Crippen LogP contribution is 2.26. The van der Waals surface area contributed by atoms with Crippen LogP contribution in [0.3, 0.4) is 0 Å². The Kier molecular flexibility index (Phi) is 7.00. The second-order valence-electron chi connectivity index (χ2n) is 6.89. The predicted molar refractivity (Wildman–Crippen MR) is 101 cm³/mol. The highest BCUT2D eigenvalue weighted by atomic mass is 16.5. The van der Waals surface area contributed by atoms with Crippen LogP contribution >= 0.6 is 0 Å². The summed E-state index contributed by atoms with van der Waals surface area (Å²) < 4.78 is 5.50. The van der Waals surface area contributed by atoms with Crippen molar-refractivity contribution in [3.8, 4) is 5.75 Å². The Bertz CT molecular complexity index is 607. The minimum Gasteiger partial charge on any atom is -0.496 e. The molecule has 0 N–H and O–H groups in total. The van der Waals surface area contributed by atoms with Crippen LogP contribution in [0, 0.1) is 13.8 Å². The number of amides is 1. The van der Waals surface area contributed by atoms with E-state index in [0.29, 0.717) is 12.5 Å². The minimum atomic E-state index is 0.221. The van der Waals surface area contributed by atoms with E-state index in [1.54, 1.807) is 13.2 Å². The highest BCUT2D eigenvalue weighted by Gasteiger charge is 2.25. The largest absolute Gasteiger partial charge is 0.496 e. The Labute approximate surface area is 151 Å². The topological polar surface area (TPSA) is 45.7 Å². The maximum atomic E-state index is 12.2. The summed E-state index contributed by atoms with van der Waals surface area (Å²) in [5.41, 5.74) is 3.28. The highest BCUT2D eigenvalue weighted by molar-refractivity contribution is 5.76. The predicted octanol–water partition coefficient (Wildman–Crippen LogP) is 3.10. The Morgan fingerprint density at radius 2 is 2.12 bits per heavy atom. The standard InChI is InChI=1S/C20H31N3O2/c1-6-7-8-19(24)22(4)17-9-11-23(12-10-17)14-18-16(3)20(25-5)15(2)13-21-18/h6,13,17H,1,7-12,14H2,2-5H3. The first-order valence-corrected chi connectivity index (χ1v) is 9.05. The number of aryl methyl sites for hydroxylation is 1. The van der Waals surface area contributed by atoms with Crippen LogP contribution in [-0.4, -0.2) is 54.0 Å². The number of rotatable bonds is 7. The number of piperidine rings is 1. The summed E-state index contributed by atoms with van der Waals surface area (Å²) in [5.74, 6) is 1.16. The van der Waals surface area contributed by atoms with E-state index in [1.165, 1.54) is 0 Å². The van der Waals surface area contributed by atoms with Gasteiger partial charge in [-0.25, -0.2) is 0 Å². The van der Waals surface area contributed by atoms with Gasteiger partial charge in [0.1, 0.15) is 5.75 Å². The fourth-order valence-corrected chi connectivity index (χ4v) is 3.51. The molecule has 0 aromatic carbocycles. The monoisotopic (exact) mass is 345 g/mol. The number of hydrogen-bond donors (Lipinski definition) is 0. The summed E-state index contributed by atoms with van der Waals surface area (Å²) >= 11 is 0. The molecule has 1 amide bonds. The molecule has 0 spiro atoms. The normalized spacial score (nSPS) is 15.8. The van der Waals surface area contributed by atoms with Crippen molar-refractivity contribution in [2.45, 2.75) is 52.1 Å². The van der Waals surface area contributed by atoms with Crippen LogP contribution in [0.4, 0.5) is 0 Å². The summed E-state index contributed by atoms with van der Waals surface area (Å²) in [4.78, 5) is 21.1. The Hall–Kier alpha value is -1.88. The molecule has 0 atom stereocenters. The van der Waals surface area contributed by atoms with Crippen LogP contribution in [-0.2, 0) is 11.3 Å². The lowest BCUT2D eigenvalue weighted by Gasteiger charge is -2.36. The number of carbonyl (C=O) groups excluding carboxylic acids is 1. The molecule has 1 saturated heterocycles. The van der Waals surface area contributed by atoms with Gasteiger partial charge in [-0.2, -0.15) is 0 Å². The third-order valence-corrected chi connectivity index (χ3v) is 5.18. The molecule has 1 aromatic rings. The first kappa shape index (κ1) is 19.4.